The van der Waals surface area contributed by atoms with Gasteiger partial charge in [-0.1, -0.05) is 87.8 Å². The normalized spacial score (nSPS) is 14.2. The highest BCUT2D eigenvalue weighted by molar-refractivity contribution is 7.99. The molecule has 1 aliphatic rings. The molecular formula is C26H31N5O2S. The monoisotopic (exact) mass is 477 g/mol. The third-order valence-electron chi connectivity index (χ3n) is 6.05. The van der Waals surface area contributed by atoms with Gasteiger partial charge in [0.05, 0.1) is 5.75 Å². The van der Waals surface area contributed by atoms with Crippen molar-refractivity contribution in [2.45, 2.75) is 63.1 Å². The van der Waals surface area contributed by atoms with Crippen LogP contribution in [0.2, 0.25) is 0 Å². The first-order valence-corrected chi connectivity index (χ1v) is 12.6. The Balaban J connectivity index is 1.45. The summed E-state index contributed by atoms with van der Waals surface area (Å²) in [6, 6.07) is 17.6. The third kappa shape index (κ3) is 5.67. The van der Waals surface area contributed by atoms with Gasteiger partial charge in [0.25, 0.3) is 5.91 Å². The average molecular weight is 478 g/mol. The number of rotatable bonds is 6. The minimum absolute atomic E-state index is 0.0853. The van der Waals surface area contributed by atoms with Crippen molar-refractivity contribution in [3.05, 3.63) is 65.7 Å². The molecule has 1 aliphatic carbocycles. The van der Waals surface area contributed by atoms with Gasteiger partial charge in [0, 0.05) is 17.2 Å². The molecule has 34 heavy (non-hydrogen) atoms. The van der Waals surface area contributed by atoms with Crippen LogP contribution in [0, 0.1) is 0 Å². The predicted molar refractivity (Wildman–Crippen MR) is 134 cm³/mol. The van der Waals surface area contributed by atoms with Gasteiger partial charge in [-0.05, 0) is 36.0 Å². The molecule has 0 atom stereocenters. The summed E-state index contributed by atoms with van der Waals surface area (Å²) in [5.41, 5.74) is 7.81. The molecule has 2 amide bonds. The Bertz CT molecular complexity index is 1130. The van der Waals surface area contributed by atoms with Gasteiger partial charge in [0.1, 0.15) is 0 Å². The lowest BCUT2D eigenvalue weighted by Crippen LogP contribution is -2.42. The topological polar surface area (TPSA) is 88.9 Å². The number of thioether (sulfide) groups is 1. The number of amides is 2. The summed E-state index contributed by atoms with van der Waals surface area (Å²) in [6.45, 7) is 6.60. The Labute approximate surface area is 204 Å². The van der Waals surface area contributed by atoms with Crippen molar-refractivity contribution in [1.29, 1.82) is 0 Å². The summed E-state index contributed by atoms with van der Waals surface area (Å²) < 4.78 is 2.19. The van der Waals surface area contributed by atoms with Gasteiger partial charge in [0.15, 0.2) is 11.0 Å². The van der Waals surface area contributed by atoms with Crippen LogP contribution in [0.1, 0.15) is 68.4 Å². The van der Waals surface area contributed by atoms with E-state index in [0.717, 1.165) is 29.4 Å². The molecule has 1 heterocycles. The SMILES string of the molecule is CC(C)(C)c1ccc(-c2nnc(SCC(=O)NNC(=O)c3ccccc3)n2C2CCCC2)cc1. The summed E-state index contributed by atoms with van der Waals surface area (Å²) in [5.74, 6) is 0.316. The van der Waals surface area contributed by atoms with Gasteiger partial charge in [-0.25, -0.2) is 0 Å². The highest BCUT2D eigenvalue weighted by atomic mass is 32.2. The van der Waals surface area contributed by atoms with Gasteiger partial charge in [0.2, 0.25) is 5.91 Å². The molecule has 1 fully saturated rings. The van der Waals surface area contributed by atoms with E-state index in [9.17, 15) is 9.59 Å². The molecule has 0 unspecified atom stereocenters. The zero-order valence-corrected chi connectivity index (χ0v) is 20.7. The van der Waals surface area contributed by atoms with Crippen molar-refractivity contribution in [2.24, 2.45) is 0 Å². The maximum atomic E-state index is 12.4. The van der Waals surface area contributed by atoms with Crippen LogP contribution in [0.15, 0.2) is 59.8 Å². The molecule has 1 aromatic heterocycles. The lowest BCUT2D eigenvalue weighted by Gasteiger charge is -2.20. The highest BCUT2D eigenvalue weighted by Crippen LogP contribution is 2.37. The van der Waals surface area contributed by atoms with E-state index in [4.69, 9.17) is 0 Å². The van der Waals surface area contributed by atoms with E-state index in [1.807, 2.05) is 6.07 Å². The molecular weight excluding hydrogens is 446 g/mol. The van der Waals surface area contributed by atoms with Crippen LogP contribution in [0.3, 0.4) is 0 Å². The highest BCUT2D eigenvalue weighted by Gasteiger charge is 2.25. The van der Waals surface area contributed by atoms with Crippen molar-refractivity contribution >= 4 is 23.6 Å². The summed E-state index contributed by atoms with van der Waals surface area (Å²) in [5, 5.41) is 9.67. The number of hydrazine groups is 1. The first-order chi connectivity index (χ1) is 16.3. The smallest absolute Gasteiger partial charge is 0.269 e. The Morgan fingerprint density at radius 2 is 1.65 bits per heavy atom. The molecule has 1 saturated carbocycles. The average Bonchev–Trinajstić information content (AvgIpc) is 3.51. The number of aromatic nitrogens is 3. The van der Waals surface area contributed by atoms with E-state index in [0.29, 0.717) is 11.6 Å². The second kappa shape index (κ2) is 10.4. The van der Waals surface area contributed by atoms with E-state index in [-0.39, 0.29) is 23.0 Å². The van der Waals surface area contributed by atoms with E-state index in [1.165, 1.54) is 30.2 Å². The molecule has 0 bridgehead atoms. The fourth-order valence-corrected chi connectivity index (χ4v) is 4.94. The van der Waals surface area contributed by atoms with Crippen molar-refractivity contribution in [2.75, 3.05) is 5.75 Å². The number of carbonyl (C=O) groups excluding carboxylic acids is 2. The summed E-state index contributed by atoms with van der Waals surface area (Å²) in [7, 11) is 0. The summed E-state index contributed by atoms with van der Waals surface area (Å²) in [6.07, 6.45) is 4.53. The number of nitrogens with one attached hydrogen (secondary N) is 2. The van der Waals surface area contributed by atoms with Gasteiger partial charge in [-0.15, -0.1) is 10.2 Å². The lowest BCUT2D eigenvalue weighted by atomic mass is 9.86. The first-order valence-electron chi connectivity index (χ1n) is 11.7. The van der Waals surface area contributed by atoms with Gasteiger partial charge < -0.3 is 0 Å². The molecule has 0 saturated heterocycles. The van der Waals surface area contributed by atoms with E-state index in [1.54, 1.807) is 24.3 Å². The zero-order chi connectivity index (χ0) is 24.1. The van der Waals surface area contributed by atoms with E-state index < -0.39 is 0 Å². The van der Waals surface area contributed by atoms with E-state index >= 15 is 0 Å². The van der Waals surface area contributed by atoms with E-state index in [2.05, 4.69) is 70.7 Å². The fraction of sp³-hybridized carbons (Fsp3) is 0.385. The molecule has 2 aromatic carbocycles. The van der Waals surface area contributed by atoms with Crippen LogP contribution in [-0.4, -0.2) is 32.3 Å². The summed E-state index contributed by atoms with van der Waals surface area (Å²) in [4.78, 5) is 24.5. The third-order valence-corrected chi connectivity index (χ3v) is 6.99. The fourth-order valence-electron chi connectivity index (χ4n) is 4.14. The van der Waals surface area contributed by atoms with Gasteiger partial charge in [-0.2, -0.15) is 0 Å². The second-order valence-electron chi connectivity index (χ2n) is 9.60. The Kier molecular flexibility index (Phi) is 7.36. The molecule has 3 aromatic rings. The second-order valence-corrected chi connectivity index (χ2v) is 10.5. The van der Waals surface area contributed by atoms with Crippen molar-refractivity contribution in [3.63, 3.8) is 0 Å². The number of hydrogen-bond acceptors (Lipinski definition) is 5. The minimum atomic E-state index is -0.353. The molecule has 0 aliphatic heterocycles. The number of carbonyl (C=O) groups is 2. The minimum Gasteiger partial charge on any atom is -0.299 e. The molecule has 0 spiro atoms. The summed E-state index contributed by atoms with van der Waals surface area (Å²) >= 11 is 1.34. The molecule has 2 N–H and O–H groups in total. The van der Waals surface area contributed by atoms with Crippen LogP contribution in [0.25, 0.3) is 11.4 Å². The molecule has 4 rings (SSSR count). The molecule has 8 heteroatoms. The molecule has 178 valence electrons. The van der Waals surface area contributed by atoms with Crippen LogP contribution >= 0.6 is 11.8 Å². The maximum Gasteiger partial charge on any atom is 0.269 e. The van der Waals surface area contributed by atoms with Crippen molar-refractivity contribution in [1.82, 2.24) is 25.6 Å². The first kappa shape index (κ1) is 24.0. The van der Waals surface area contributed by atoms with Crippen LogP contribution in [0.4, 0.5) is 0 Å². The van der Waals surface area contributed by atoms with Gasteiger partial charge >= 0.3 is 0 Å². The predicted octanol–water partition coefficient (Wildman–Crippen LogP) is 4.91. The molecule has 0 radical (unpaired) electrons. The van der Waals surface area contributed by atoms with Crippen LogP contribution in [0.5, 0.6) is 0 Å². The maximum absolute atomic E-state index is 12.4. The number of hydrogen-bond donors (Lipinski definition) is 2. The van der Waals surface area contributed by atoms with Crippen LogP contribution < -0.4 is 10.9 Å². The quantitative estimate of drug-likeness (QED) is 0.389. The Hall–Kier alpha value is -3.13. The number of nitrogens with zero attached hydrogens (tertiary/aromatic N) is 3. The number of benzene rings is 2. The van der Waals surface area contributed by atoms with Crippen molar-refractivity contribution in [3.8, 4) is 11.4 Å². The lowest BCUT2D eigenvalue weighted by molar-refractivity contribution is -0.119. The Morgan fingerprint density at radius 1 is 0.971 bits per heavy atom. The molecule has 7 nitrogen and oxygen atoms in total. The van der Waals surface area contributed by atoms with Gasteiger partial charge in [-0.3, -0.25) is 25.0 Å². The largest absolute Gasteiger partial charge is 0.299 e. The zero-order valence-electron chi connectivity index (χ0n) is 19.9. The standard InChI is InChI=1S/C26H31N5O2S/c1-26(2,3)20-15-13-18(14-16-20)23-28-30-25(31(23)21-11-7-8-12-21)34-17-22(32)27-29-24(33)19-9-5-4-6-10-19/h4-6,9-10,13-16,21H,7-8,11-12,17H2,1-3H3,(H,27,32)(H,29,33). The van der Waals surface area contributed by atoms with Crippen LogP contribution in [-0.2, 0) is 10.2 Å². The Morgan fingerprint density at radius 3 is 2.29 bits per heavy atom. The van der Waals surface area contributed by atoms with Crippen molar-refractivity contribution < 1.29 is 9.59 Å².